The van der Waals surface area contributed by atoms with Gasteiger partial charge in [-0.2, -0.15) is 5.10 Å². The number of thioether (sulfide) groups is 1. The molecule has 0 bridgehead atoms. The van der Waals surface area contributed by atoms with Crippen LogP contribution in [0, 0.1) is 0 Å². The summed E-state index contributed by atoms with van der Waals surface area (Å²) in [5, 5.41) is 8.32. The van der Waals surface area contributed by atoms with Gasteiger partial charge in [0, 0.05) is 29.4 Å². The van der Waals surface area contributed by atoms with Gasteiger partial charge < -0.3 is 5.32 Å². The van der Waals surface area contributed by atoms with Gasteiger partial charge in [-0.15, -0.1) is 0 Å². The first-order valence-electron chi connectivity index (χ1n) is 7.64. The van der Waals surface area contributed by atoms with E-state index in [0.717, 1.165) is 38.8 Å². The number of aromatic nitrogens is 2. The van der Waals surface area contributed by atoms with Gasteiger partial charge in [0.15, 0.2) is 0 Å². The van der Waals surface area contributed by atoms with Crippen molar-refractivity contribution in [3.05, 3.63) is 70.5 Å². The molecule has 1 N–H and O–H groups in total. The van der Waals surface area contributed by atoms with Crippen LogP contribution in [0.4, 0.5) is 0 Å². The number of aryl methyl sites for hydroxylation is 1. The van der Waals surface area contributed by atoms with Crippen LogP contribution in [-0.4, -0.2) is 9.78 Å². The molecule has 1 aromatic heterocycles. The Morgan fingerprint density at radius 2 is 2.00 bits per heavy atom. The summed E-state index contributed by atoms with van der Waals surface area (Å²) in [7, 11) is 1.92. The summed E-state index contributed by atoms with van der Waals surface area (Å²) in [5.74, 6) is 0. The van der Waals surface area contributed by atoms with Crippen LogP contribution in [0.3, 0.4) is 0 Å². The lowest BCUT2D eigenvalue weighted by molar-refractivity contribution is 0.767. The molecule has 0 unspecified atom stereocenters. The topological polar surface area (TPSA) is 29.9 Å². The van der Waals surface area contributed by atoms with Crippen LogP contribution >= 0.6 is 11.8 Å². The Hall–Kier alpha value is -1.94. The molecule has 1 heterocycles. The highest BCUT2D eigenvalue weighted by Gasteiger charge is 2.15. The summed E-state index contributed by atoms with van der Waals surface area (Å²) < 4.78 is 1.81. The monoisotopic (exact) mass is 329 g/mol. The maximum Gasteiger partial charge on any atom is 0.0698 e. The Morgan fingerprint density at radius 3 is 2.43 bits per heavy atom. The first-order valence-corrected chi connectivity index (χ1v) is 8.45. The second-order valence-electron chi connectivity index (χ2n) is 5.45. The average molecular weight is 330 g/mol. The lowest BCUT2D eigenvalue weighted by Crippen LogP contribution is -2.06. The first kappa shape index (κ1) is 19.1. The van der Waals surface area contributed by atoms with Gasteiger partial charge in [0.2, 0.25) is 0 Å². The molecule has 1 rings (SSSR count). The van der Waals surface area contributed by atoms with E-state index < -0.39 is 0 Å². The summed E-state index contributed by atoms with van der Waals surface area (Å²) in [4.78, 5) is 1.14. The van der Waals surface area contributed by atoms with E-state index in [1.807, 2.05) is 38.0 Å². The van der Waals surface area contributed by atoms with Gasteiger partial charge in [0.1, 0.15) is 0 Å². The van der Waals surface area contributed by atoms with Gasteiger partial charge in [-0.05, 0) is 38.3 Å². The highest BCUT2D eigenvalue weighted by Crippen LogP contribution is 2.39. The highest BCUT2D eigenvalue weighted by atomic mass is 32.2. The molecule has 23 heavy (non-hydrogen) atoms. The van der Waals surface area contributed by atoms with E-state index >= 15 is 0 Å². The third-order valence-corrected chi connectivity index (χ3v) is 4.50. The Morgan fingerprint density at radius 1 is 1.35 bits per heavy atom. The van der Waals surface area contributed by atoms with Crippen LogP contribution in [0.15, 0.2) is 65.0 Å². The predicted molar refractivity (Wildman–Crippen MR) is 104 cm³/mol. The minimum absolute atomic E-state index is 0.846. The molecule has 0 aliphatic carbocycles. The van der Waals surface area contributed by atoms with Crippen molar-refractivity contribution >= 4 is 17.3 Å². The molecule has 0 radical (unpaired) electrons. The third-order valence-electron chi connectivity index (χ3n) is 3.42. The molecule has 0 aromatic carbocycles. The zero-order chi connectivity index (χ0) is 17.6. The predicted octanol–water partition coefficient (Wildman–Crippen LogP) is 5.39. The SMILES string of the molecule is C=C(C)NC(=C)SC(/C(=C\C)c1cnn(C)c1)=C(\C)C(=C)CC. The molecule has 0 saturated heterocycles. The maximum atomic E-state index is 4.29. The van der Waals surface area contributed by atoms with Crippen LogP contribution in [0.5, 0.6) is 0 Å². The summed E-state index contributed by atoms with van der Waals surface area (Å²) in [6.45, 7) is 20.4. The van der Waals surface area contributed by atoms with Gasteiger partial charge in [-0.3, -0.25) is 4.68 Å². The van der Waals surface area contributed by atoms with E-state index in [1.165, 1.54) is 5.57 Å². The van der Waals surface area contributed by atoms with Gasteiger partial charge in [-0.1, -0.05) is 50.1 Å². The number of hydrogen-bond acceptors (Lipinski definition) is 3. The largest absolute Gasteiger partial charge is 0.355 e. The van der Waals surface area contributed by atoms with E-state index in [2.05, 4.69) is 50.1 Å². The molecule has 4 heteroatoms. The Balaban J connectivity index is 3.30. The molecular formula is C19H27N3S. The van der Waals surface area contributed by atoms with Crippen molar-refractivity contribution in [2.75, 3.05) is 0 Å². The number of allylic oxidation sites excluding steroid dienone is 5. The number of nitrogens with one attached hydrogen (secondary N) is 1. The fourth-order valence-electron chi connectivity index (χ4n) is 2.14. The molecule has 1 aromatic rings. The Bertz CT molecular complexity index is 675. The van der Waals surface area contributed by atoms with Gasteiger partial charge in [-0.25, -0.2) is 0 Å². The van der Waals surface area contributed by atoms with Crippen molar-refractivity contribution in [3.63, 3.8) is 0 Å². The number of nitrogens with zero attached hydrogens (tertiary/aromatic N) is 2. The van der Waals surface area contributed by atoms with Crippen LogP contribution < -0.4 is 5.32 Å². The molecule has 124 valence electrons. The second-order valence-corrected chi connectivity index (χ2v) is 6.55. The molecule has 0 atom stereocenters. The van der Waals surface area contributed by atoms with E-state index in [9.17, 15) is 0 Å². The normalized spacial score (nSPS) is 12.7. The second kappa shape index (κ2) is 8.63. The minimum atomic E-state index is 0.846. The maximum absolute atomic E-state index is 4.29. The van der Waals surface area contributed by atoms with Crippen LogP contribution in [-0.2, 0) is 7.05 Å². The number of rotatable bonds is 8. The van der Waals surface area contributed by atoms with Crippen LogP contribution in [0.25, 0.3) is 5.57 Å². The lowest BCUT2D eigenvalue weighted by Gasteiger charge is -2.18. The standard InChI is InChI=1S/C19H27N3S/c1-9-14(5)15(6)19(23-16(7)21-13(3)4)18(10-2)17-11-20-22(8)12-17/h10-12,21H,3,5,7,9H2,1-2,4,6,8H3/b18-10-,19-15+. The minimum Gasteiger partial charge on any atom is -0.355 e. The van der Waals surface area contributed by atoms with E-state index in [-0.39, 0.29) is 0 Å². The first-order chi connectivity index (χ1) is 10.8. The zero-order valence-electron chi connectivity index (χ0n) is 14.9. The summed E-state index contributed by atoms with van der Waals surface area (Å²) >= 11 is 1.61. The molecule has 0 fully saturated rings. The Kier molecular flexibility index (Phi) is 7.17. The van der Waals surface area contributed by atoms with Gasteiger partial charge >= 0.3 is 0 Å². The molecule has 0 spiro atoms. The quantitative estimate of drug-likeness (QED) is 0.648. The third kappa shape index (κ3) is 5.32. The fourth-order valence-corrected chi connectivity index (χ4v) is 3.25. The molecular weight excluding hydrogens is 302 g/mol. The highest BCUT2D eigenvalue weighted by molar-refractivity contribution is 8.07. The fraction of sp³-hybridized carbons (Fsp3) is 0.316. The summed E-state index contributed by atoms with van der Waals surface area (Å²) in [5.41, 5.74) is 5.40. The van der Waals surface area contributed by atoms with Gasteiger partial charge in [0.25, 0.3) is 0 Å². The van der Waals surface area contributed by atoms with Crippen LogP contribution in [0.2, 0.25) is 0 Å². The molecule has 3 nitrogen and oxygen atoms in total. The van der Waals surface area contributed by atoms with E-state index in [1.54, 1.807) is 11.8 Å². The van der Waals surface area contributed by atoms with Crippen LogP contribution in [0.1, 0.15) is 39.7 Å². The van der Waals surface area contributed by atoms with E-state index in [0.29, 0.717) is 0 Å². The smallest absolute Gasteiger partial charge is 0.0698 e. The molecule has 0 aliphatic rings. The van der Waals surface area contributed by atoms with Crippen molar-refractivity contribution in [3.8, 4) is 0 Å². The van der Waals surface area contributed by atoms with Crippen molar-refractivity contribution in [2.45, 2.75) is 34.1 Å². The van der Waals surface area contributed by atoms with Crippen molar-refractivity contribution in [2.24, 2.45) is 7.05 Å². The Labute approximate surface area is 144 Å². The average Bonchev–Trinajstić information content (AvgIpc) is 2.90. The zero-order valence-corrected chi connectivity index (χ0v) is 15.7. The molecule has 0 aliphatic heterocycles. The molecule has 0 amide bonds. The number of hydrogen-bond donors (Lipinski definition) is 1. The van der Waals surface area contributed by atoms with Gasteiger partial charge in [0.05, 0.1) is 11.2 Å². The molecule has 0 saturated carbocycles. The summed E-state index contributed by atoms with van der Waals surface area (Å²) in [6, 6.07) is 0. The lowest BCUT2D eigenvalue weighted by atomic mass is 10.0. The van der Waals surface area contributed by atoms with Crippen molar-refractivity contribution in [1.82, 2.24) is 15.1 Å². The summed E-state index contributed by atoms with van der Waals surface area (Å²) in [6.07, 6.45) is 6.93. The van der Waals surface area contributed by atoms with Crippen molar-refractivity contribution in [1.29, 1.82) is 0 Å². The van der Waals surface area contributed by atoms with E-state index in [4.69, 9.17) is 0 Å². The van der Waals surface area contributed by atoms with Crippen molar-refractivity contribution < 1.29 is 0 Å².